The maximum atomic E-state index is 2.62. The maximum Gasteiger partial charge on any atom is 0.0397 e. The summed E-state index contributed by atoms with van der Waals surface area (Å²) in [6.45, 7) is 13.9. The van der Waals surface area contributed by atoms with Gasteiger partial charge >= 0.3 is 0 Å². The van der Waals surface area contributed by atoms with E-state index in [0.717, 1.165) is 22.4 Å². The molecule has 0 amide bonds. The van der Waals surface area contributed by atoms with Gasteiger partial charge in [0.2, 0.25) is 0 Å². The van der Waals surface area contributed by atoms with Crippen molar-refractivity contribution in [3.63, 3.8) is 0 Å². The molecule has 242 valence electrons. The first-order valence-corrected chi connectivity index (χ1v) is 20.0. The van der Waals surface area contributed by atoms with Gasteiger partial charge in [0, 0.05) is 21.4 Å². The predicted molar refractivity (Wildman–Crippen MR) is 208 cm³/mol. The lowest BCUT2D eigenvalue weighted by molar-refractivity contribution is 0.780. The third-order valence-corrected chi connectivity index (χ3v) is 12.1. The molecule has 2 aliphatic rings. The molecule has 0 bridgehead atoms. The Hall–Kier alpha value is -3.42. The van der Waals surface area contributed by atoms with Crippen LogP contribution in [0.4, 0.5) is 0 Å². The molecule has 4 aromatic rings. The third kappa shape index (κ3) is 6.66. The van der Waals surface area contributed by atoms with Crippen molar-refractivity contribution in [3.8, 4) is 22.3 Å². The van der Waals surface area contributed by atoms with E-state index in [-0.39, 0.29) is 0 Å². The summed E-state index contributed by atoms with van der Waals surface area (Å²) in [6.07, 6.45) is 14.7. The van der Waals surface area contributed by atoms with Gasteiger partial charge in [0.15, 0.2) is 0 Å². The van der Waals surface area contributed by atoms with Crippen LogP contribution in [0, 0.1) is 13.8 Å². The number of rotatable bonds is 14. The monoisotopic (exact) mass is 634 g/mol. The molecule has 0 nitrogen and oxygen atoms in total. The fourth-order valence-electron chi connectivity index (χ4n) is 8.47. The summed E-state index contributed by atoms with van der Waals surface area (Å²) < 4.78 is 0. The van der Waals surface area contributed by atoms with Crippen molar-refractivity contribution in [2.45, 2.75) is 117 Å². The van der Waals surface area contributed by atoms with E-state index < -0.39 is 0 Å². The summed E-state index contributed by atoms with van der Waals surface area (Å²) >= 11 is 0. The summed E-state index contributed by atoms with van der Waals surface area (Å²) in [5, 5.41) is 0. The molecule has 0 spiro atoms. The van der Waals surface area contributed by atoms with E-state index in [1.807, 2.05) is 0 Å². The van der Waals surface area contributed by atoms with Gasteiger partial charge in [0.25, 0.3) is 0 Å². The van der Waals surface area contributed by atoms with Crippen LogP contribution in [-0.4, -0.2) is 9.52 Å². The quantitative estimate of drug-likeness (QED) is 0.121. The topological polar surface area (TPSA) is 0 Å². The standard InChI is InChI=1S/C46H54Si/c1-7-15-33-23-25-39-41(45(33)37-21-13-11-19-31(37)5)27-35(17-9-3)43(39)29-47-30-44-36(18-10-4)28-42-40(44)26-24-34(16-8-2)46(42)38-22-14-12-20-32(38)6/h11-14,19-28,43-44H,7-10,15-18,29-30H2,1-6H3. The number of hydrogen-bond acceptors (Lipinski definition) is 0. The van der Waals surface area contributed by atoms with E-state index >= 15 is 0 Å². The van der Waals surface area contributed by atoms with Crippen LogP contribution >= 0.6 is 0 Å². The molecular weight excluding hydrogens is 581 g/mol. The Bertz CT molecular complexity index is 1650. The van der Waals surface area contributed by atoms with Crippen LogP contribution in [-0.2, 0) is 12.8 Å². The minimum atomic E-state index is 0.552. The molecule has 0 heterocycles. The van der Waals surface area contributed by atoms with Crippen LogP contribution in [0.1, 0.15) is 123 Å². The lowest BCUT2D eigenvalue weighted by Crippen LogP contribution is -2.09. The van der Waals surface area contributed by atoms with E-state index in [1.54, 1.807) is 22.3 Å². The van der Waals surface area contributed by atoms with Gasteiger partial charge in [-0.3, -0.25) is 0 Å². The summed E-state index contributed by atoms with van der Waals surface area (Å²) in [6, 6.07) is 30.6. The zero-order valence-electron chi connectivity index (χ0n) is 29.8. The molecule has 2 unspecified atom stereocenters. The average Bonchev–Trinajstić information content (AvgIpc) is 3.60. The first-order valence-electron chi connectivity index (χ1n) is 18.6. The molecule has 47 heavy (non-hydrogen) atoms. The molecule has 6 rings (SSSR count). The SMILES string of the molecule is CCCC1=Cc2c(ccc(CCC)c2-c2ccccc2C)C1C[Si]CC1C(CCC)=Cc2c1ccc(CCC)c2-c1ccccc1C. The maximum absolute atomic E-state index is 2.62. The summed E-state index contributed by atoms with van der Waals surface area (Å²) in [7, 11) is 0.940. The summed E-state index contributed by atoms with van der Waals surface area (Å²) in [4.78, 5) is 0. The fraction of sp³-hybridized carbons (Fsp3) is 0.391. The molecule has 0 fully saturated rings. The Morgan fingerprint density at radius 1 is 0.489 bits per heavy atom. The van der Waals surface area contributed by atoms with Gasteiger partial charge in [-0.05, 0) is 106 Å². The Morgan fingerprint density at radius 3 is 1.28 bits per heavy atom. The van der Waals surface area contributed by atoms with Crippen molar-refractivity contribution in [2.75, 3.05) is 0 Å². The normalized spacial score (nSPS) is 16.6. The molecule has 4 aromatic carbocycles. The van der Waals surface area contributed by atoms with Crippen molar-refractivity contribution in [1.29, 1.82) is 0 Å². The summed E-state index contributed by atoms with van der Waals surface area (Å²) in [5.41, 5.74) is 21.2. The van der Waals surface area contributed by atoms with Crippen molar-refractivity contribution in [2.24, 2.45) is 0 Å². The largest absolute Gasteiger partial charge is 0.0651 e. The lowest BCUT2D eigenvalue weighted by atomic mass is 9.86. The molecule has 1 heteroatoms. The Kier molecular flexibility index (Phi) is 10.8. The second-order valence-electron chi connectivity index (χ2n) is 14.0. The second-order valence-corrected chi connectivity index (χ2v) is 15.4. The molecular formula is C46H54Si. The van der Waals surface area contributed by atoms with Crippen molar-refractivity contribution in [1.82, 2.24) is 0 Å². The minimum absolute atomic E-state index is 0.552. The molecule has 0 aromatic heterocycles. The highest BCUT2D eigenvalue weighted by molar-refractivity contribution is 6.36. The molecule has 0 aliphatic heterocycles. The molecule has 2 atom stereocenters. The number of aryl methyl sites for hydroxylation is 4. The van der Waals surface area contributed by atoms with Gasteiger partial charge in [-0.1, -0.05) is 162 Å². The van der Waals surface area contributed by atoms with Crippen LogP contribution in [0.15, 0.2) is 83.9 Å². The number of hydrogen-bond donors (Lipinski definition) is 0. The minimum Gasteiger partial charge on any atom is -0.0651 e. The van der Waals surface area contributed by atoms with Gasteiger partial charge in [0.1, 0.15) is 0 Å². The van der Waals surface area contributed by atoms with Crippen LogP contribution in [0.2, 0.25) is 12.1 Å². The highest BCUT2D eigenvalue weighted by Gasteiger charge is 2.31. The smallest absolute Gasteiger partial charge is 0.0397 e. The van der Waals surface area contributed by atoms with E-state index in [4.69, 9.17) is 0 Å². The van der Waals surface area contributed by atoms with Gasteiger partial charge in [-0.25, -0.2) is 0 Å². The first kappa shape index (κ1) is 33.5. The van der Waals surface area contributed by atoms with E-state index in [9.17, 15) is 0 Å². The van der Waals surface area contributed by atoms with Crippen LogP contribution in [0.3, 0.4) is 0 Å². The predicted octanol–water partition coefficient (Wildman–Crippen LogP) is 13.3. The van der Waals surface area contributed by atoms with Crippen LogP contribution in [0.25, 0.3) is 34.4 Å². The number of allylic oxidation sites excluding steroid dienone is 2. The van der Waals surface area contributed by atoms with Crippen molar-refractivity contribution < 1.29 is 0 Å². The first-order chi connectivity index (χ1) is 23.0. The molecule has 0 N–H and O–H groups in total. The highest BCUT2D eigenvalue weighted by atomic mass is 28.2. The van der Waals surface area contributed by atoms with E-state index in [1.165, 1.54) is 106 Å². The summed E-state index contributed by atoms with van der Waals surface area (Å²) in [5.74, 6) is 1.10. The third-order valence-electron chi connectivity index (χ3n) is 10.7. The second kappa shape index (κ2) is 15.2. The molecule has 0 saturated heterocycles. The van der Waals surface area contributed by atoms with E-state index in [2.05, 4.69) is 126 Å². The van der Waals surface area contributed by atoms with Crippen LogP contribution in [0.5, 0.6) is 0 Å². The van der Waals surface area contributed by atoms with Gasteiger partial charge in [-0.2, -0.15) is 0 Å². The molecule has 2 aliphatic carbocycles. The van der Waals surface area contributed by atoms with Crippen molar-refractivity contribution in [3.05, 3.63) is 128 Å². The zero-order chi connectivity index (χ0) is 32.9. The van der Waals surface area contributed by atoms with Crippen molar-refractivity contribution >= 4 is 21.7 Å². The Morgan fingerprint density at radius 2 is 0.894 bits per heavy atom. The average molecular weight is 635 g/mol. The molecule has 2 radical (unpaired) electrons. The molecule has 0 saturated carbocycles. The van der Waals surface area contributed by atoms with Gasteiger partial charge < -0.3 is 0 Å². The van der Waals surface area contributed by atoms with Crippen LogP contribution < -0.4 is 0 Å². The lowest BCUT2D eigenvalue weighted by Gasteiger charge is -2.22. The highest BCUT2D eigenvalue weighted by Crippen LogP contribution is 2.49. The Labute approximate surface area is 288 Å². The van der Waals surface area contributed by atoms with E-state index in [0.29, 0.717) is 11.8 Å². The zero-order valence-corrected chi connectivity index (χ0v) is 30.8. The van der Waals surface area contributed by atoms with Gasteiger partial charge in [0.05, 0.1) is 0 Å². The number of fused-ring (bicyclic) bond motifs is 2. The fourth-order valence-corrected chi connectivity index (χ4v) is 10.2. The Balaban J connectivity index is 1.32. The van der Waals surface area contributed by atoms with Gasteiger partial charge in [-0.15, -0.1) is 0 Å². The number of benzene rings is 4.